The van der Waals surface area contributed by atoms with E-state index in [1.807, 2.05) is 32.0 Å². The van der Waals surface area contributed by atoms with Crippen LogP contribution >= 0.6 is 24.0 Å². The van der Waals surface area contributed by atoms with Crippen molar-refractivity contribution in [2.45, 2.75) is 13.8 Å². The molecule has 2 amide bonds. The lowest BCUT2D eigenvalue weighted by Gasteiger charge is -2.13. The molecule has 1 heterocycles. The van der Waals surface area contributed by atoms with Crippen LogP contribution in [0.1, 0.15) is 16.7 Å². The molecule has 1 aliphatic rings. The summed E-state index contributed by atoms with van der Waals surface area (Å²) in [6.07, 6.45) is 1.71. The Kier molecular flexibility index (Phi) is 7.47. The zero-order valence-electron chi connectivity index (χ0n) is 19.4. The monoisotopic (exact) mass is 519 g/mol. The van der Waals surface area contributed by atoms with Gasteiger partial charge in [0.05, 0.1) is 15.5 Å². The van der Waals surface area contributed by atoms with Gasteiger partial charge in [0, 0.05) is 17.8 Å². The van der Waals surface area contributed by atoms with Crippen molar-refractivity contribution in [1.82, 2.24) is 0 Å². The minimum Gasteiger partial charge on any atom is -0.484 e. The van der Waals surface area contributed by atoms with E-state index in [0.717, 1.165) is 28.5 Å². The quantitative estimate of drug-likeness (QED) is 0.187. The number of non-ortho nitro benzene ring substituents is 1. The van der Waals surface area contributed by atoms with Gasteiger partial charge in [-0.3, -0.25) is 24.6 Å². The number of amides is 2. The SMILES string of the molecule is Cc1ccc(NC(=O)COc2ccc(/C=C3/SC(=S)N(c4ccc([N+](=O)[O-])cc4)C3=O)cc2)cc1C. The molecule has 0 radical (unpaired) electrons. The van der Waals surface area contributed by atoms with Crippen molar-refractivity contribution < 1.29 is 19.2 Å². The fraction of sp³-hybridized carbons (Fsp3) is 0.115. The van der Waals surface area contributed by atoms with Crippen LogP contribution in [-0.4, -0.2) is 27.7 Å². The number of hydrogen-bond donors (Lipinski definition) is 1. The third-order valence-electron chi connectivity index (χ3n) is 5.45. The molecule has 10 heteroatoms. The lowest BCUT2D eigenvalue weighted by Crippen LogP contribution is -2.27. The van der Waals surface area contributed by atoms with Crippen LogP contribution in [0.5, 0.6) is 5.75 Å². The number of nitro groups is 1. The molecule has 1 saturated heterocycles. The number of rotatable bonds is 7. The number of benzene rings is 3. The molecule has 0 atom stereocenters. The average Bonchev–Trinajstić information content (AvgIpc) is 3.13. The minimum atomic E-state index is -0.501. The third-order valence-corrected chi connectivity index (χ3v) is 6.75. The summed E-state index contributed by atoms with van der Waals surface area (Å²) in [6, 6.07) is 18.3. The summed E-state index contributed by atoms with van der Waals surface area (Å²) < 4.78 is 5.92. The number of nitrogens with one attached hydrogen (secondary N) is 1. The van der Waals surface area contributed by atoms with Gasteiger partial charge in [-0.05, 0) is 73.0 Å². The average molecular weight is 520 g/mol. The highest BCUT2D eigenvalue weighted by molar-refractivity contribution is 8.27. The van der Waals surface area contributed by atoms with Crippen LogP contribution in [0.25, 0.3) is 6.08 Å². The van der Waals surface area contributed by atoms with Crippen molar-refractivity contribution in [3.05, 3.63) is 98.4 Å². The molecule has 3 aromatic rings. The number of aryl methyl sites for hydroxylation is 2. The van der Waals surface area contributed by atoms with Gasteiger partial charge in [-0.2, -0.15) is 0 Å². The molecule has 0 spiro atoms. The molecule has 36 heavy (non-hydrogen) atoms. The van der Waals surface area contributed by atoms with Crippen molar-refractivity contribution in [3.63, 3.8) is 0 Å². The number of ether oxygens (including phenoxy) is 1. The Balaban J connectivity index is 1.37. The second kappa shape index (κ2) is 10.7. The molecular formula is C26H21N3O5S2. The highest BCUT2D eigenvalue weighted by atomic mass is 32.2. The molecule has 1 N–H and O–H groups in total. The number of nitrogens with zero attached hydrogens (tertiary/aromatic N) is 2. The van der Waals surface area contributed by atoms with Gasteiger partial charge in [-0.25, -0.2) is 0 Å². The zero-order valence-corrected chi connectivity index (χ0v) is 21.0. The van der Waals surface area contributed by atoms with Crippen molar-refractivity contribution in [2.24, 2.45) is 0 Å². The molecule has 4 rings (SSSR count). The van der Waals surface area contributed by atoms with E-state index in [0.29, 0.717) is 26.3 Å². The molecule has 0 saturated carbocycles. The molecule has 182 valence electrons. The Morgan fingerprint density at radius 1 is 1.08 bits per heavy atom. The molecular weight excluding hydrogens is 498 g/mol. The lowest BCUT2D eigenvalue weighted by molar-refractivity contribution is -0.384. The zero-order chi connectivity index (χ0) is 25.8. The number of carbonyl (C=O) groups is 2. The van der Waals surface area contributed by atoms with Gasteiger partial charge in [0.25, 0.3) is 17.5 Å². The number of hydrogen-bond acceptors (Lipinski definition) is 7. The Labute approximate surface area is 217 Å². The number of carbonyl (C=O) groups excluding carboxylic acids is 2. The Morgan fingerprint density at radius 3 is 2.42 bits per heavy atom. The highest BCUT2D eigenvalue weighted by Gasteiger charge is 2.33. The van der Waals surface area contributed by atoms with Gasteiger partial charge in [-0.15, -0.1) is 0 Å². The van der Waals surface area contributed by atoms with E-state index in [9.17, 15) is 19.7 Å². The predicted octanol–water partition coefficient (Wildman–Crippen LogP) is 5.63. The number of anilines is 2. The first-order valence-electron chi connectivity index (χ1n) is 10.8. The summed E-state index contributed by atoms with van der Waals surface area (Å²) in [5.41, 5.74) is 4.12. The van der Waals surface area contributed by atoms with Crippen LogP contribution in [0, 0.1) is 24.0 Å². The van der Waals surface area contributed by atoms with E-state index < -0.39 is 4.92 Å². The first kappa shape index (κ1) is 25.1. The molecule has 3 aromatic carbocycles. The third kappa shape index (κ3) is 5.78. The molecule has 0 unspecified atom stereocenters. The maximum absolute atomic E-state index is 12.9. The molecule has 0 aliphatic carbocycles. The van der Waals surface area contributed by atoms with Gasteiger partial charge in [0.2, 0.25) is 0 Å². The molecule has 0 bridgehead atoms. The van der Waals surface area contributed by atoms with E-state index in [-0.39, 0.29) is 24.1 Å². The molecule has 8 nitrogen and oxygen atoms in total. The van der Waals surface area contributed by atoms with Gasteiger partial charge in [0.15, 0.2) is 10.9 Å². The van der Waals surface area contributed by atoms with Crippen molar-refractivity contribution in [3.8, 4) is 5.75 Å². The van der Waals surface area contributed by atoms with Crippen LogP contribution in [0.2, 0.25) is 0 Å². The number of thioether (sulfide) groups is 1. The van der Waals surface area contributed by atoms with Gasteiger partial charge < -0.3 is 10.1 Å². The second-order valence-corrected chi connectivity index (χ2v) is 9.67. The number of thiocarbonyl (C=S) groups is 1. The molecule has 0 aromatic heterocycles. The van der Waals surface area contributed by atoms with E-state index in [1.54, 1.807) is 30.3 Å². The van der Waals surface area contributed by atoms with Crippen molar-refractivity contribution >= 4 is 63.3 Å². The standard InChI is InChI=1S/C26H21N3O5S2/c1-16-3-6-19(13-17(16)2)27-24(30)15-34-22-11-4-18(5-12-22)14-23-25(31)28(26(35)36-23)20-7-9-21(10-8-20)29(32)33/h3-14H,15H2,1-2H3,(H,27,30)/b23-14+. The maximum atomic E-state index is 12.9. The summed E-state index contributed by atoms with van der Waals surface area (Å²) in [5.74, 6) is -0.0553. The first-order chi connectivity index (χ1) is 17.2. The van der Waals surface area contributed by atoms with Gasteiger partial charge >= 0.3 is 0 Å². The predicted molar refractivity (Wildman–Crippen MR) is 145 cm³/mol. The highest BCUT2D eigenvalue weighted by Crippen LogP contribution is 2.36. The number of nitro benzene ring substituents is 1. The summed E-state index contributed by atoms with van der Waals surface area (Å²) in [7, 11) is 0. The lowest BCUT2D eigenvalue weighted by atomic mass is 10.1. The van der Waals surface area contributed by atoms with E-state index in [2.05, 4.69) is 5.32 Å². The van der Waals surface area contributed by atoms with E-state index in [4.69, 9.17) is 17.0 Å². The van der Waals surface area contributed by atoms with Crippen LogP contribution in [-0.2, 0) is 9.59 Å². The summed E-state index contributed by atoms with van der Waals surface area (Å²) in [4.78, 5) is 37.3. The van der Waals surface area contributed by atoms with E-state index >= 15 is 0 Å². The normalized spacial score (nSPS) is 14.3. The van der Waals surface area contributed by atoms with Crippen LogP contribution in [0.3, 0.4) is 0 Å². The fourth-order valence-electron chi connectivity index (χ4n) is 3.39. The Hall–Kier alpha value is -4.02. The first-order valence-corrected chi connectivity index (χ1v) is 12.1. The maximum Gasteiger partial charge on any atom is 0.270 e. The summed E-state index contributed by atoms with van der Waals surface area (Å²) in [6.45, 7) is 3.85. The van der Waals surface area contributed by atoms with Crippen LogP contribution in [0.15, 0.2) is 71.6 Å². The minimum absolute atomic E-state index is 0.0650. The van der Waals surface area contributed by atoms with Crippen LogP contribution < -0.4 is 15.0 Å². The topological polar surface area (TPSA) is 102 Å². The van der Waals surface area contributed by atoms with Gasteiger partial charge in [-0.1, -0.05) is 42.2 Å². The molecule has 1 aliphatic heterocycles. The van der Waals surface area contributed by atoms with Crippen molar-refractivity contribution in [1.29, 1.82) is 0 Å². The largest absolute Gasteiger partial charge is 0.484 e. The summed E-state index contributed by atoms with van der Waals surface area (Å²) in [5, 5.41) is 13.7. The smallest absolute Gasteiger partial charge is 0.270 e. The Morgan fingerprint density at radius 2 is 1.78 bits per heavy atom. The summed E-state index contributed by atoms with van der Waals surface area (Å²) >= 11 is 6.51. The fourth-order valence-corrected chi connectivity index (χ4v) is 4.69. The van der Waals surface area contributed by atoms with Crippen LogP contribution in [0.4, 0.5) is 17.1 Å². The van der Waals surface area contributed by atoms with Crippen molar-refractivity contribution in [2.75, 3.05) is 16.8 Å². The second-order valence-electron chi connectivity index (χ2n) is 8.00. The molecule has 1 fully saturated rings. The van der Waals surface area contributed by atoms with E-state index in [1.165, 1.54) is 29.2 Å². The Bertz CT molecular complexity index is 1390. The van der Waals surface area contributed by atoms with Gasteiger partial charge in [0.1, 0.15) is 5.75 Å².